The van der Waals surface area contributed by atoms with Gasteiger partial charge in [-0.2, -0.15) is 0 Å². The second-order valence-electron chi connectivity index (χ2n) is 6.77. The van der Waals surface area contributed by atoms with Gasteiger partial charge in [0, 0.05) is 30.5 Å². The van der Waals surface area contributed by atoms with Crippen LogP contribution in [0.1, 0.15) is 38.7 Å². The molecule has 3 rings (SSSR count). The highest BCUT2D eigenvalue weighted by atomic mass is 16.2. The van der Waals surface area contributed by atoms with Crippen LogP contribution in [-0.4, -0.2) is 39.4 Å². The van der Waals surface area contributed by atoms with Gasteiger partial charge in [0.2, 0.25) is 5.91 Å². The molecule has 1 saturated heterocycles. The predicted molar refractivity (Wildman–Crippen MR) is 98.8 cm³/mol. The first-order chi connectivity index (χ1) is 12.2. The normalized spacial score (nSPS) is 18.9. The summed E-state index contributed by atoms with van der Waals surface area (Å²) in [5.41, 5.74) is 3.35. The Morgan fingerprint density at radius 3 is 2.64 bits per heavy atom. The number of amides is 1. The average molecular weight is 338 g/mol. The third kappa shape index (κ3) is 4.42. The summed E-state index contributed by atoms with van der Waals surface area (Å²) < 4.78 is 0. The van der Waals surface area contributed by atoms with Crippen LogP contribution in [0.3, 0.4) is 0 Å². The predicted octanol–water partition coefficient (Wildman–Crippen LogP) is 3.02. The molecule has 2 aromatic rings. The fourth-order valence-corrected chi connectivity index (χ4v) is 3.24. The lowest BCUT2D eigenvalue weighted by Gasteiger charge is -2.25. The van der Waals surface area contributed by atoms with E-state index in [1.165, 1.54) is 11.9 Å². The Bertz CT molecular complexity index is 687. The molecule has 2 atom stereocenters. The summed E-state index contributed by atoms with van der Waals surface area (Å²) in [6.45, 7) is 5.94. The van der Waals surface area contributed by atoms with Gasteiger partial charge < -0.3 is 5.32 Å². The first-order valence-electron chi connectivity index (χ1n) is 9.06. The molecule has 1 amide bonds. The van der Waals surface area contributed by atoms with Crippen molar-refractivity contribution in [3.05, 3.63) is 48.5 Å². The molecule has 2 heterocycles. The van der Waals surface area contributed by atoms with Crippen molar-refractivity contribution in [1.82, 2.24) is 20.2 Å². The smallest absolute Gasteiger partial charge is 0.237 e. The van der Waals surface area contributed by atoms with E-state index in [-0.39, 0.29) is 18.0 Å². The largest absolute Gasteiger partial charge is 0.352 e. The molecule has 1 aliphatic rings. The average Bonchev–Trinajstić information content (AvgIpc) is 3.11. The zero-order chi connectivity index (χ0) is 17.6. The summed E-state index contributed by atoms with van der Waals surface area (Å²) in [6, 6.07) is 8.68. The monoisotopic (exact) mass is 338 g/mol. The van der Waals surface area contributed by atoms with Crippen LogP contribution in [0.4, 0.5) is 0 Å². The topological polar surface area (TPSA) is 58.1 Å². The Balaban J connectivity index is 1.64. The van der Waals surface area contributed by atoms with Crippen molar-refractivity contribution < 1.29 is 4.79 Å². The van der Waals surface area contributed by atoms with E-state index in [9.17, 15) is 4.79 Å². The van der Waals surface area contributed by atoms with Crippen molar-refractivity contribution in [3.8, 4) is 11.1 Å². The number of hydrogen-bond acceptors (Lipinski definition) is 4. The van der Waals surface area contributed by atoms with Crippen molar-refractivity contribution in [2.45, 2.75) is 51.7 Å². The van der Waals surface area contributed by atoms with E-state index in [1.54, 1.807) is 0 Å². The molecule has 5 heteroatoms. The molecule has 1 aliphatic heterocycles. The minimum absolute atomic E-state index is 0.00352. The summed E-state index contributed by atoms with van der Waals surface area (Å²) >= 11 is 0. The van der Waals surface area contributed by atoms with Gasteiger partial charge in [-0.15, -0.1) is 0 Å². The Hall–Kier alpha value is -2.27. The molecule has 1 fully saturated rings. The highest BCUT2D eigenvalue weighted by Crippen LogP contribution is 2.22. The first-order valence-corrected chi connectivity index (χ1v) is 9.06. The maximum absolute atomic E-state index is 12.5. The zero-order valence-corrected chi connectivity index (χ0v) is 15.0. The van der Waals surface area contributed by atoms with E-state index >= 15 is 0 Å². The van der Waals surface area contributed by atoms with E-state index in [1.807, 2.05) is 12.4 Å². The van der Waals surface area contributed by atoms with Crippen LogP contribution in [0.2, 0.25) is 0 Å². The molecule has 0 bridgehead atoms. The summed E-state index contributed by atoms with van der Waals surface area (Å²) in [5.74, 6) is 0.171. The van der Waals surface area contributed by atoms with Crippen LogP contribution >= 0.6 is 0 Å². The number of hydrogen-bond donors (Lipinski definition) is 1. The van der Waals surface area contributed by atoms with Gasteiger partial charge in [0.1, 0.15) is 6.33 Å². The van der Waals surface area contributed by atoms with Gasteiger partial charge in [-0.3, -0.25) is 9.69 Å². The molecular formula is C20H26N4O. The molecule has 0 aliphatic carbocycles. The quantitative estimate of drug-likeness (QED) is 0.879. The number of benzene rings is 1. The van der Waals surface area contributed by atoms with Crippen LogP contribution in [0, 0.1) is 0 Å². The summed E-state index contributed by atoms with van der Waals surface area (Å²) in [4.78, 5) is 22.9. The summed E-state index contributed by atoms with van der Waals surface area (Å²) in [6.07, 6.45) is 8.16. The van der Waals surface area contributed by atoms with Crippen LogP contribution in [-0.2, 0) is 11.3 Å². The fraction of sp³-hybridized carbons (Fsp3) is 0.450. The lowest BCUT2D eigenvalue weighted by molar-refractivity contribution is -0.126. The molecule has 0 spiro atoms. The van der Waals surface area contributed by atoms with E-state index < -0.39 is 0 Å². The molecular weight excluding hydrogens is 312 g/mol. The van der Waals surface area contributed by atoms with Gasteiger partial charge in [0.15, 0.2) is 0 Å². The zero-order valence-electron chi connectivity index (χ0n) is 15.0. The minimum Gasteiger partial charge on any atom is -0.352 e. The van der Waals surface area contributed by atoms with Gasteiger partial charge >= 0.3 is 0 Å². The van der Waals surface area contributed by atoms with Crippen molar-refractivity contribution in [3.63, 3.8) is 0 Å². The van der Waals surface area contributed by atoms with Gasteiger partial charge in [0.05, 0.1) is 6.04 Å². The summed E-state index contributed by atoms with van der Waals surface area (Å²) in [5, 5.41) is 3.12. The highest BCUT2D eigenvalue weighted by molar-refractivity contribution is 5.82. The number of nitrogens with zero attached hydrogens (tertiary/aromatic N) is 3. The van der Waals surface area contributed by atoms with Crippen molar-refractivity contribution in [1.29, 1.82) is 0 Å². The lowest BCUT2D eigenvalue weighted by Crippen LogP contribution is -2.45. The number of carbonyl (C=O) groups is 1. The highest BCUT2D eigenvalue weighted by Gasteiger charge is 2.30. The third-order valence-electron chi connectivity index (χ3n) is 4.90. The maximum Gasteiger partial charge on any atom is 0.237 e. The lowest BCUT2D eigenvalue weighted by atomic mass is 10.1. The van der Waals surface area contributed by atoms with Gasteiger partial charge in [0.25, 0.3) is 0 Å². The molecule has 2 unspecified atom stereocenters. The number of nitrogens with one attached hydrogen (secondary N) is 1. The number of likely N-dealkylation sites (tertiary alicyclic amines) is 1. The van der Waals surface area contributed by atoms with Gasteiger partial charge in [-0.05, 0) is 43.9 Å². The van der Waals surface area contributed by atoms with Crippen molar-refractivity contribution >= 4 is 5.91 Å². The van der Waals surface area contributed by atoms with Crippen LogP contribution in [0.5, 0.6) is 0 Å². The molecule has 1 aromatic carbocycles. The second kappa shape index (κ2) is 8.21. The Labute approximate surface area is 149 Å². The third-order valence-corrected chi connectivity index (χ3v) is 4.90. The Morgan fingerprint density at radius 2 is 1.96 bits per heavy atom. The molecule has 1 N–H and O–H groups in total. The van der Waals surface area contributed by atoms with E-state index in [4.69, 9.17) is 0 Å². The van der Waals surface area contributed by atoms with Gasteiger partial charge in [-0.1, -0.05) is 31.2 Å². The van der Waals surface area contributed by atoms with Crippen LogP contribution < -0.4 is 5.32 Å². The minimum atomic E-state index is -0.00352. The fourth-order valence-electron chi connectivity index (χ4n) is 3.24. The van der Waals surface area contributed by atoms with Crippen molar-refractivity contribution in [2.24, 2.45) is 0 Å². The number of aromatic nitrogens is 2. The van der Waals surface area contributed by atoms with E-state index in [2.05, 4.69) is 58.3 Å². The summed E-state index contributed by atoms with van der Waals surface area (Å²) in [7, 11) is 0. The van der Waals surface area contributed by atoms with E-state index in [0.29, 0.717) is 0 Å². The molecule has 0 saturated carbocycles. The van der Waals surface area contributed by atoms with Crippen LogP contribution in [0.15, 0.2) is 43.0 Å². The van der Waals surface area contributed by atoms with Gasteiger partial charge in [-0.25, -0.2) is 9.97 Å². The standard InChI is InChI=1S/C20H26N4O/c1-3-15(2)23-20(25)19-5-4-10-24(19)13-16-6-8-17(9-7-16)18-11-21-14-22-12-18/h6-9,11-12,14-15,19H,3-5,10,13H2,1-2H3,(H,23,25). The van der Waals surface area contributed by atoms with Crippen LogP contribution in [0.25, 0.3) is 11.1 Å². The second-order valence-corrected chi connectivity index (χ2v) is 6.77. The SMILES string of the molecule is CCC(C)NC(=O)C1CCCN1Cc1ccc(-c2cncnc2)cc1. The first kappa shape index (κ1) is 17.5. The number of rotatable bonds is 6. The molecule has 1 aromatic heterocycles. The van der Waals surface area contributed by atoms with Crippen molar-refractivity contribution in [2.75, 3.05) is 6.54 Å². The van der Waals surface area contributed by atoms with E-state index in [0.717, 1.165) is 43.5 Å². The maximum atomic E-state index is 12.5. The molecule has 132 valence electrons. The molecule has 5 nitrogen and oxygen atoms in total. The Morgan fingerprint density at radius 1 is 1.24 bits per heavy atom. The molecule has 25 heavy (non-hydrogen) atoms. The number of carbonyl (C=O) groups excluding carboxylic acids is 1. The molecule has 0 radical (unpaired) electrons. The Kier molecular flexibility index (Phi) is 5.76.